The molecule has 0 atom stereocenters. The van der Waals surface area contributed by atoms with Gasteiger partial charge in [0.25, 0.3) is 5.69 Å². The zero-order valence-electron chi connectivity index (χ0n) is 19.7. The first-order valence-electron chi connectivity index (χ1n) is 11.3. The molecule has 1 aliphatic rings. The van der Waals surface area contributed by atoms with E-state index in [0.29, 0.717) is 36.8 Å². The van der Waals surface area contributed by atoms with Gasteiger partial charge in [-0.2, -0.15) is 9.41 Å². The highest BCUT2D eigenvalue weighted by atomic mass is 32.2. The summed E-state index contributed by atoms with van der Waals surface area (Å²) in [6.45, 7) is 1.22. The molecule has 1 heterocycles. The number of hydrogen-bond donors (Lipinski definition) is 1. The molecule has 4 rings (SSSR count). The molecular formula is C25H26N4O6S. The predicted octanol–water partition coefficient (Wildman–Crippen LogP) is 4.41. The van der Waals surface area contributed by atoms with Gasteiger partial charge in [0.2, 0.25) is 10.0 Å². The van der Waals surface area contributed by atoms with E-state index in [9.17, 15) is 18.5 Å². The Bertz CT molecular complexity index is 1360. The summed E-state index contributed by atoms with van der Waals surface area (Å²) in [4.78, 5) is 10.9. The SMILES string of the molecule is COc1cc(/C=N\Nc2ccc(S(=O)(=O)N3CCCC3)cc2[N+](=O)[O-])ccc1OCc1ccccc1. The monoisotopic (exact) mass is 510 g/mol. The van der Waals surface area contributed by atoms with Gasteiger partial charge < -0.3 is 9.47 Å². The summed E-state index contributed by atoms with van der Waals surface area (Å²) >= 11 is 0. The van der Waals surface area contributed by atoms with Gasteiger partial charge in [0.05, 0.1) is 23.1 Å². The van der Waals surface area contributed by atoms with Crippen LogP contribution in [0.1, 0.15) is 24.0 Å². The molecule has 1 aliphatic heterocycles. The number of hydrazone groups is 1. The van der Waals surface area contributed by atoms with Gasteiger partial charge in [-0.05, 0) is 54.3 Å². The summed E-state index contributed by atoms with van der Waals surface area (Å²) in [6, 6.07) is 18.8. The summed E-state index contributed by atoms with van der Waals surface area (Å²) < 4.78 is 38.1. The van der Waals surface area contributed by atoms with Crippen molar-refractivity contribution in [2.75, 3.05) is 25.6 Å². The summed E-state index contributed by atoms with van der Waals surface area (Å²) in [5, 5.41) is 15.7. The van der Waals surface area contributed by atoms with Crippen molar-refractivity contribution in [3.63, 3.8) is 0 Å². The Hall–Kier alpha value is -3.96. The van der Waals surface area contributed by atoms with Crippen LogP contribution in [0.25, 0.3) is 0 Å². The first-order valence-corrected chi connectivity index (χ1v) is 12.7. The molecule has 0 bridgehead atoms. The maximum atomic E-state index is 12.8. The van der Waals surface area contributed by atoms with Gasteiger partial charge in [-0.15, -0.1) is 0 Å². The van der Waals surface area contributed by atoms with Gasteiger partial charge in [0.15, 0.2) is 11.5 Å². The van der Waals surface area contributed by atoms with E-state index in [-0.39, 0.29) is 16.3 Å². The first kappa shape index (κ1) is 25.1. The molecule has 0 saturated carbocycles. The minimum atomic E-state index is -3.77. The molecule has 0 amide bonds. The fourth-order valence-corrected chi connectivity index (χ4v) is 5.33. The molecule has 10 nitrogen and oxygen atoms in total. The molecule has 3 aromatic carbocycles. The highest BCUT2D eigenvalue weighted by Gasteiger charge is 2.29. The number of rotatable bonds is 10. The average Bonchev–Trinajstić information content (AvgIpc) is 3.44. The molecule has 1 fully saturated rings. The van der Waals surface area contributed by atoms with Gasteiger partial charge in [-0.3, -0.25) is 15.5 Å². The van der Waals surface area contributed by atoms with E-state index >= 15 is 0 Å². The third kappa shape index (κ3) is 5.81. The number of methoxy groups -OCH3 is 1. The first-order chi connectivity index (χ1) is 17.4. The van der Waals surface area contributed by atoms with E-state index in [1.165, 1.54) is 29.8 Å². The second-order valence-electron chi connectivity index (χ2n) is 8.10. The Kier molecular flexibility index (Phi) is 7.81. The number of nitrogens with one attached hydrogen (secondary N) is 1. The van der Waals surface area contributed by atoms with Crippen molar-refractivity contribution in [3.8, 4) is 11.5 Å². The number of nitro groups is 1. The van der Waals surface area contributed by atoms with Crippen LogP contribution in [0.5, 0.6) is 11.5 Å². The maximum Gasteiger partial charge on any atom is 0.295 e. The zero-order chi connectivity index (χ0) is 25.5. The van der Waals surface area contributed by atoms with Gasteiger partial charge in [-0.1, -0.05) is 30.3 Å². The molecule has 188 valence electrons. The topological polar surface area (TPSA) is 123 Å². The van der Waals surface area contributed by atoms with E-state index in [1.807, 2.05) is 30.3 Å². The van der Waals surface area contributed by atoms with Crippen LogP contribution in [0.4, 0.5) is 11.4 Å². The normalized spacial score (nSPS) is 14.1. The van der Waals surface area contributed by atoms with Crippen LogP contribution in [0.2, 0.25) is 0 Å². The molecule has 1 saturated heterocycles. The number of nitrogens with zero attached hydrogens (tertiary/aromatic N) is 3. The summed E-state index contributed by atoms with van der Waals surface area (Å²) in [6.07, 6.45) is 3.03. The lowest BCUT2D eigenvalue weighted by molar-refractivity contribution is -0.384. The number of sulfonamides is 1. The number of nitro benzene ring substituents is 1. The molecule has 0 aliphatic carbocycles. The lowest BCUT2D eigenvalue weighted by Crippen LogP contribution is -2.27. The van der Waals surface area contributed by atoms with E-state index in [4.69, 9.17) is 9.47 Å². The van der Waals surface area contributed by atoms with Crippen LogP contribution in [-0.2, 0) is 16.6 Å². The van der Waals surface area contributed by atoms with Crippen molar-refractivity contribution in [1.29, 1.82) is 0 Å². The molecule has 0 unspecified atom stereocenters. The Morgan fingerprint density at radius 1 is 1.06 bits per heavy atom. The van der Waals surface area contributed by atoms with Crippen LogP contribution in [0.15, 0.2) is 76.7 Å². The predicted molar refractivity (Wildman–Crippen MR) is 136 cm³/mol. The van der Waals surface area contributed by atoms with E-state index in [1.54, 1.807) is 18.2 Å². The number of benzene rings is 3. The van der Waals surface area contributed by atoms with Gasteiger partial charge in [-0.25, -0.2) is 8.42 Å². The van der Waals surface area contributed by atoms with Crippen LogP contribution < -0.4 is 14.9 Å². The Morgan fingerprint density at radius 3 is 2.50 bits per heavy atom. The number of ether oxygens (including phenoxy) is 2. The van der Waals surface area contributed by atoms with E-state index in [0.717, 1.165) is 24.5 Å². The van der Waals surface area contributed by atoms with E-state index in [2.05, 4.69) is 10.5 Å². The molecular weight excluding hydrogens is 484 g/mol. The standard InChI is InChI=1S/C25H26N4O6S/c1-34-25-15-20(9-12-24(25)35-18-19-7-3-2-4-8-19)17-26-27-22-11-10-21(16-23(22)29(30)31)36(32,33)28-13-5-6-14-28/h2-4,7-12,15-17,27H,5-6,13-14,18H2,1H3/b26-17-. The molecule has 0 aromatic heterocycles. The quantitative estimate of drug-likeness (QED) is 0.243. The van der Waals surface area contributed by atoms with Crippen LogP contribution in [0.3, 0.4) is 0 Å². The maximum absolute atomic E-state index is 12.8. The minimum Gasteiger partial charge on any atom is -0.493 e. The molecule has 0 spiro atoms. The van der Waals surface area contributed by atoms with Gasteiger partial charge in [0, 0.05) is 19.2 Å². The highest BCUT2D eigenvalue weighted by Crippen LogP contribution is 2.31. The molecule has 0 radical (unpaired) electrons. The minimum absolute atomic E-state index is 0.0754. The lowest BCUT2D eigenvalue weighted by Gasteiger charge is -2.15. The van der Waals surface area contributed by atoms with Crippen molar-refractivity contribution in [2.24, 2.45) is 5.10 Å². The number of hydrogen-bond acceptors (Lipinski definition) is 8. The van der Waals surface area contributed by atoms with Crippen molar-refractivity contribution in [3.05, 3.63) is 88.0 Å². The van der Waals surface area contributed by atoms with Crippen molar-refractivity contribution in [2.45, 2.75) is 24.3 Å². The summed E-state index contributed by atoms with van der Waals surface area (Å²) in [5.74, 6) is 1.08. The van der Waals surface area contributed by atoms with Gasteiger partial charge >= 0.3 is 0 Å². The summed E-state index contributed by atoms with van der Waals surface area (Å²) in [5.41, 5.74) is 4.02. The third-order valence-corrected chi connectivity index (χ3v) is 7.59. The zero-order valence-corrected chi connectivity index (χ0v) is 20.5. The lowest BCUT2D eigenvalue weighted by atomic mass is 10.2. The van der Waals surface area contributed by atoms with Crippen molar-refractivity contribution >= 4 is 27.6 Å². The average molecular weight is 511 g/mol. The fraction of sp³-hybridized carbons (Fsp3) is 0.240. The van der Waals surface area contributed by atoms with Crippen LogP contribution >= 0.6 is 0 Å². The second-order valence-corrected chi connectivity index (χ2v) is 10.0. The molecule has 36 heavy (non-hydrogen) atoms. The van der Waals surface area contributed by atoms with Crippen LogP contribution in [0, 0.1) is 10.1 Å². The third-order valence-electron chi connectivity index (χ3n) is 5.69. The van der Waals surface area contributed by atoms with E-state index < -0.39 is 14.9 Å². The van der Waals surface area contributed by atoms with Crippen LogP contribution in [-0.4, -0.2) is 44.1 Å². The Labute approximate surface area is 209 Å². The number of anilines is 1. The Morgan fingerprint density at radius 2 is 1.81 bits per heavy atom. The highest BCUT2D eigenvalue weighted by molar-refractivity contribution is 7.89. The van der Waals surface area contributed by atoms with Crippen molar-refractivity contribution in [1.82, 2.24) is 4.31 Å². The smallest absolute Gasteiger partial charge is 0.295 e. The van der Waals surface area contributed by atoms with Crippen molar-refractivity contribution < 1.29 is 22.8 Å². The largest absolute Gasteiger partial charge is 0.493 e. The molecule has 3 aromatic rings. The molecule has 1 N–H and O–H groups in total. The summed E-state index contributed by atoms with van der Waals surface area (Å²) in [7, 11) is -2.24. The Balaban J connectivity index is 1.47. The molecule has 11 heteroatoms. The fourth-order valence-electron chi connectivity index (χ4n) is 3.79. The van der Waals surface area contributed by atoms with Gasteiger partial charge in [0.1, 0.15) is 12.3 Å². The second kappa shape index (κ2) is 11.2.